The van der Waals surface area contributed by atoms with Crippen LogP contribution >= 0.6 is 11.3 Å². The number of nitrogens with zero attached hydrogens (tertiary/aromatic N) is 2. The SMILES string of the molecule is c1ccc(N2c3ccccc3Oc3cc(N(c4ccccc4)c4cccc5c4sc4ccccc45)ccc32)cc1. The van der Waals surface area contributed by atoms with E-state index >= 15 is 0 Å². The van der Waals surface area contributed by atoms with Crippen LogP contribution in [0.5, 0.6) is 11.5 Å². The summed E-state index contributed by atoms with van der Waals surface area (Å²) in [6.07, 6.45) is 0. The molecule has 6 aromatic carbocycles. The van der Waals surface area contributed by atoms with Crippen molar-refractivity contribution in [3.05, 3.63) is 146 Å². The molecule has 2 heterocycles. The van der Waals surface area contributed by atoms with Crippen molar-refractivity contribution in [1.29, 1.82) is 0 Å². The van der Waals surface area contributed by atoms with Crippen LogP contribution < -0.4 is 14.5 Å². The number of thiophene rings is 1. The molecule has 1 aromatic heterocycles. The van der Waals surface area contributed by atoms with Crippen molar-refractivity contribution in [2.75, 3.05) is 9.80 Å². The Labute approximate surface area is 236 Å². The Morgan fingerprint density at radius 2 is 1.23 bits per heavy atom. The largest absolute Gasteiger partial charge is 0.453 e. The summed E-state index contributed by atoms with van der Waals surface area (Å²) in [7, 11) is 0. The molecule has 0 spiro atoms. The van der Waals surface area contributed by atoms with Gasteiger partial charge in [0.15, 0.2) is 11.5 Å². The highest BCUT2D eigenvalue weighted by atomic mass is 32.1. The van der Waals surface area contributed by atoms with Gasteiger partial charge >= 0.3 is 0 Å². The van der Waals surface area contributed by atoms with Gasteiger partial charge in [0, 0.05) is 32.9 Å². The molecule has 0 amide bonds. The minimum absolute atomic E-state index is 0.824. The van der Waals surface area contributed by atoms with Crippen molar-refractivity contribution in [1.82, 2.24) is 0 Å². The summed E-state index contributed by atoms with van der Waals surface area (Å²) in [5.74, 6) is 1.67. The maximum absolute atomic E-state index is 6.56. The third kappa shape index (κ3) is 3.65. The topological polar surface area (TPSA) is 15.7 Å². The molecule has 0 bridgehead atoms. The summed E-state index contributed by atoms with van der Waals surface area (Å²) in [5.41, 5.74) is 6.44. The van der Waals surface area contributed by atoms with Crippen molar-refractivity contribution in [2.24, 2.45) is 0 Å². The molecule has 7 aromatic rings. The normalized spacial score (nSPS) is 12.2. The van der Waals surface area contributed by atoms with Gasteiger partial charge in [-0.3, -0.25) is 0 Å². The Morgan fingerprint density at radius 1 is 0.525 bits per heavy atom. The van der Waals surface area contributed by atoms with E-state index in [4.69, 9.17) is 4.74 Å². The predicted octanol–water partition coefficient (Wildman–Crippen LogP) is 11.1. The lowest BCUT2D eigenvalue weighted by molar-refractivity contribution is 0.477. The molecule has 0 radical (unpaired) electrons. The number of hydrogen-bond donors (Lipinski definition) is 0. The summed E-state index contributed by atoms with van der Waals surface area (Å²) in [4.78, 5) is 4.62. The second kappa shape index (κ2) is 9.30. The summed E-state index contributed by atoms with van der Waals surface area (Å²) in [6, 6.07) is 51.1. The first-order chi connectivity index (χ1) is 19.8. The fraction of sp³-hybridized carbons (Fsp3) is 0. The first-order valence-electron chi connectivity index (χ1n) is 13.4. The van der Waals surface area contributed by atoms with Gasteiger partial charge in [-0.1, -0.05) is 78.9 Å². The van der Waals surface area contributed by atoms with Crippen molar-refractivity contribution < 1.29 is 4.74 Å². The third-order valence-corrected chi connectivity index (χ3v) is 8.63. The zero-order valence-electron chi connectivity index (χ0n) is 21.6. The van der Waals surface area contributed by atoms with Crippen LogP contribution in [0.25, 0.3) is 20.2 Å². The molecule has 1 aliphatic heterocycles. The number of benzene rings is 6. The molecule has 0 atom stereocenters. The second-order valence-electron chi connectivity index (χ2n) is 9.82. The standard InChI is InChI=1S/C36H24N2OS/c1-3-12-25(13-4-1)37(32-19-11-17-29-28-16-7-10-21-35(28)40-36(29)32)27-22-23-31-34(24-27)39-33-20-9-8-18-30(33)38(31)26-14-5-2-6-15-26/h1-24H. The monoisotopic (exact) mass is 532 g/mol. The van der Waals surface area contributed by atoms with Gasteiger partial charge in [-0.2, -0.15) is 0 Å². The summed E-state index contributed by atoms with van der Waals surface area (Å²) in [5, 5.41) is 2.57. The maximum atomic E-state index is 6.56. The van der Waals surface area contributed by atoms with E-state index < -0.39 is 0 Å². The molecule has 0 fully saturated rings. The molecule has 4 heteroatoms. The minimum atomic E-state index is 0.824. The minimum Gasteiger partial charge on any atom is -0.453 e. The van der Waals surface area contributed by atoms with Crippen LogP contribution in [0, 0.1) is 0 Å². The van der Waals surface area contributed by atoms with Gasteiger partial charge in [-0.25, -0.2) is 0 Å². The van der Waals surface area contributed by atoms with Crippen molar-refractivity contribution in [3.63, 3.8) is 0 Å². The first-order valence-corrected chi connectivity index (χ1v) is 14.2. The Kier molecular flexibility index (Phi) is 5.32. The van der Waals surface area contributed by atoms with Crippen LogP contribution in [0.15, 0.2) is 146 Å². The van der Waals surface area contributed by atoms with E-state index in [0.29, 0.717) is 0 Å². The Morgan fingerprint density at radius 3 is 2.10 bits per heavy atom. The van der Waals surface area contributed by atoms with Gasteiger partial charge in [-0.15, -0.1) is 11.3 Å². The first kappa shape index (κ1) is 22.9. The van der Waals surface area contributed by atoms with E-state index in [0.717, 1.165) is 45.6 Å². The smallest absolute Gasteiger partial charge is 0.153 e. The fourth-order valence-corrected chi connectivity index (χ4v) is 6.86. The van der Waals surface area contributed by atoms with E-state index in [1.54, 1.807) is 0 Å². The van der Waals surface area contributed by atoms with Crippen LogP contribution in [-0.4, -0.2) is 0 Å². The van der Waals surface area contributed by atoms with Crippen molar-refractivity contribution in [2.45, 2.75) is 0 Å². The Bertz CT molecular complexity index is 2000. The quantitative estimate of drug-likeness (QED) is 0.224. The number of hydrogen-bond acceptors (Lipinski definition) is 4. The summed E-state index contributed by atoms with van der Waals surface area (Å²) < 4.78 is 9.12. The van der Waals surface area contributed by atoms with E-state index in [-0.39, 0.29) is 0 Å². The lowest BCUT2D eigenvalue weighted by Gasteiger charge is -2.34. The summed E-state index contributed by atoms with van der Waals surface area (Å²) in [6.45, 7) is 0. The predicted molar refractivity (Wildman–Crippen MR) is 169 cm³/mol. The van der Waals surface area contributed by atoms with Crippen LogP contribution in [0.3, 0.4) is 0 Å². The van der Waals surface area contributed by atoms with Gasteiger partial charge in [-0.05, 0) is 60.7 Å². The highest BCUT2D eigenvalue weighted by Gasteiger charge is 2.27. The van der Waals surface area contributed by atoms with Crippen LogP contribution in [0.1, 0.15) is 0 Å². The fourth-order valence-electron chi connectivity index (χ4n) is 5.65. The van der Waals surface area contributed by atoms with Crippen LogP contribution in [0.4, 0.5) is 34.1 Å². The molecule has 3 nitrogen and oxygen atoms in total. The highest BCUT2D eigenvalue weighted by molar-refractivity contribution is 7.26. The molecule has 0 aliphatic carbocycles. The number of para-hydroxylation sites is 4. The molecular weight excluding hydrogens is 508 g/mol. The van der Waals surface area contributed by atoms with Crippen LogP contribution in [-0.2, 0) is 0 Å². The molecule has 190 valence electrons. The Balaban J connectivity index is 1.34. The number of rotatable bonds is 4. The van der Waals surface area contributed by atoms with Gasteiger partial charge in [0.1, 0.15) is 0 Å². The van der Waals surface area contributed by atoms with E-state index in [1.165, 1.54) is 20.2 Å². The van der Waals surface area contributed by atoms with Crippen LogP contribution in [0.2, 0.25) is 0 Å². The molecule has 0 saturated heterocycles. The molecule has 0 unspecified atom stereocenters. The number of ether oxygens (including phenoxy) is 1. The summed E-state index contributed by atoms with van der Waals surface area (Å²) >= 11 is 1.84. The van der Waals surface area contributed by atoms with Gasteiger partial charge < -0.3 is 14.5 Å². The molecule has 0 N–H and O–H groups in total. The highest BCUT2D eigenvalue weighted by Crippen LogP contribution is 2.52. The van der Waals surface area contributed by atoms with Crippen molar-refractivity contribution in [3.8, 4) is 11.5 Å². The number of anilines is 6. The average Bonchev–Trinajstić information content (AvgIpc) is 3.40. The van der Waals surface area contributed by atoms with Crippen molar-refractivity contribution >= 4 is 65.6 Å². The van der Waals surface area contributed by atoms with E-state index in [9.17, 15) is 0 Å². The lowest BCUT2D eigenvalue weighted by atomic mass is 10.1. The zero-order valence-corrected chi connectivity index (χ0v) is 22.4. The van der Waals surface area contributed by atoms with Gasteiger partial charge in [0.05, 0.1) is 27.4 Å². The van der Waals surface area contributed by atoms with Gasteiger partial charge in [0.25, 0.3) is 0 Å². The molecule has 1 aliphatic rings. The lowest BCUT2D eigenvalue weighted by Crippen LogP contribution is -2.16. The zero-order chi connectivity index (χ0) is 26.5. The van der Waals surface area contributed by atoms with E-state index in [2.05, 4.69) is 137 Å². The second-order valence-corrected chi connectivity index (χ2v) is 10.9. The molecule has 0 saturated carbocycles. The third-order valence-electron chi connectivity index (χ3n) is 7.42. The van der Waals surface area contributed by atoms with Gasteiger partial charge in [0.2, 0.25) is 0 Å². The average molecular weight is 533 g/mol. The number of fused-ring (bicyclic) bond motifs is 5. The molecular formula is C36H24N2OS. The maximum Gasteiger partial charge on any atom is 0.153 e. The molecule has 40 heavy (non-hydrogen) atoms. The Hall–Kier alpha value is -5.06. The molecule has 8 rings (SSSR count). The van der Waals surface area contributed by atoms with E-state index in [1.807, 2.05) is 29.5 Å².